The minimum atomic E-state index is -0.872. The molecule has 80 valence electrons. The maximum absolute atomic E-state index is 12.9. The Hall–Kier alpha value is -1.49. The van der Waals surface area contributed by atoms with Gasteiger partial charge in [0.05, 0.1) is 17.2 Å². The smallest absolute Gasteiger partial charge is 0.339 e. The predicted molar refractivity (Wildman–Crippen MR) is 52.8 cm³/mol. The molecular weight excluding hydrogens is 225 g/mol. The van der Waals surface area contributed by atoms with Gasteiger partial charge in [0.15, 0.2) is 5.82 Å². The summed E-state index contributed by atoms with van der Waals surface area (Å²) >= 11 is 5.60. The fraction of sp³-hybridized carbons (Fsp3) is 0.222. The highest BCUT2D eigenvalue weighted by molar-refractivity contribution is 6.33. The number of benzene rings is 1. The summed E-state index contributed by atoms with van der Waals surface area (Å²) in [6.45, 7) is 1.78. The van der Waals surface area contributed by atoms with Crippen molar-refractivity contribution in [3.63, 3.8) is 0 Å². The Bertz CT molecular complexity index is 409. The van der Waals surface area contributed by atoms with Gasteiger partial charge in [-0.15, -0.1) is 4.91 Å². The molecule has 1 rings (SSSR count). The Balaban J connectivity index is 3.18. The van der Waals surface area contributed by atoms with Crippen LogP contribution < -0.4 is 0 Å². The number of carbonyl (C=O) groups is 1. The first-order chi connectivity index (χ1) is 7.10. The molecule has 6 heteroatoms. The minimum Gasteiger partial charge on any atom is -0.462 e. The second-order valence-electron chi connectivity index (χ2n) is 2.60. The predicted octanol–water partition coefficient (Wildman–Crippen LogP) is 3.05. The summed E-state index contributed by atoms with van der Waals surface area (Å²) < 4.78 is 17.6. The van der Waals surface area contributed by atoms with Crippen molar-refractivity contribution in [2.45, 2.75) is 6.92 Å². The van der Waals surface area contributed by atoms with E-state index in [-0.39, 0.29) is 17.2 Å². The molecule has 0 fully saturated rings. The van der Waals surface area contributed by atoms with Crippen LogP contribution in [0.25, 0.3) is 0 Å². The van der Waals surface area contributed by atoms with E-state index in [1.807, 2.05) is 0 Å². The topological polar surface area (TPSA) is 55.7 Å². The van der Waals surface area contributed by atoms with Crippen molar-refractivity contribution in [1.82, 2.24) is 0 Å². The Morgan fingerprint density at radius 1 is 1.60 bits per heavy atom. The van der Waals surface area contributed by atoms with Crippen molar-refractivity contribution in [2.75, 3.05) is 6.61 Å². The molecule has 1 aromatic carbocycles. The Labute approximate surface area is 90.0 Å². The van der Waals surface area contributed by atoms with Gasteiger partial charge in [-0.3, -0.25) is 0 Å². The van der Waals surface area contributed by atoms with Crippen LogP contribution in [-0.2, 0) is 4.74 Å². The van der Waals surface area contributed by atoms with Crippen LogP contribution in [0.15, 0.2) is 17.3 Å². The number of hydrogen-bond acceptors (Lipinski definition) is 4. The number of ether oxygens (including phenoxy) is 1. The van der Waals surface area contributed by atoms with E-state index >= 15 is 0 Å². The van der Waals surface area contributed by atoms with Gasteiger partial charge in [-0.25, -0.2) is 9.18 Å². The van der Waals surface area contributed by atoms with E-state index in [1.54, 1.807) is 6.92 Å². The van der Waals surface area contributed by atoms with Crippen LogP contribution in [0.2, 0.25) is 5.02 Å². The molecule has 0 aliphatic heterocycles. The average Bonchev–Trinajstić information content (AvgIpc) is 2.18. The van der Waals surface area contributed by atoms with E-state index in [4.69, 9.17) is 11.6 Å². The molecular formula is C9H7ClFNO3. The average molecular weight is 232 g/mol. The molecule has 0 aliphatic carbocycles. The molecule has 0 N–H and O–H groups in total. The van der Waals surface area contributed by atoms with Gasteiger partial charge in [-0.2, -0.15) is 0 Å². The molecule has 0 aliphatic rings. The Morgan fingerprint density at radius 3 is 2.80 bits per heavy atom. The summed E-state index contributed by atoms with van der Waals surface area (Å²) in [6.07, 6.45) is 0. The summed E-state index contributed by atoms with van der Waals surface area (Å²) in [5.41, 5.74) is -0.544. The van der Waals surface area contributed by atoms with E-state index in [2.05, 4.69) is 9.91 Å². The van der Waals surface area contributed by atoms with Crippen LogP contribution in [-0.4, -0.2) is 12.6 Å². The maximum Gasteiger partial charge on any atom is 0.339 e. The molecule has 0 amide bonds. The molecule has 0 atom stereocenters. The lowest BCUT2D eigenvalue weighted by atomic mass is 10.2. The van der Waals surface area contributed by atoms with Crippen LogP contribution >= 0.6 is 11.6 Å². The van der Waals surface area contributed by atoms with Gasteiger partial charge >= 0.3 is 5.97 Å². The molecule has 0 bridgehead atoms. The van der Waals surface area contributed by atoms with Crippen LogP contribution in [0, 0.1) is 10.7 Å². The van der Waals surface area contributed by atoms with Crippen molar-refractivity contribution in [1.29, 1.82) is 0 Å². The third kappa shape index (κ3) is 2.50. The maximum atomic E-state index is 12.9. The lowest BCUT2D eigenvalue weighted by Gasteiger charge is -2.04. The van der Waals surface area contributed by atoms with Gasteiger partial charge in [0, 0.05) is 0 Å². The molecule has 0 aromatic heterocycles. The highest BCUT2D eigenvalue weighted by Gasteiger charge is 2.15. The van der Waals surface area contributed by atoms with Crippen LogP contribution in [0.5, 0.6) is 0 Å². The molecule has 0 saturated heterocycles. The lowest BCUT2D eigenvalue weighted by molar-refractivity contribution is 0.0526. The third-order valence-corrected chi connectivity index (χ3v) is 1.94. The second kappa shape index (κ2) is 4.84. The number of rotatable bonds is 3. The lowest BCUT2D eigenvalue weighted by Crippen LogP contribution is -2.05. The summed E-state index contributed by atoms with van der Waals surface area (Å²) in [4.78, 5) is 21.5. The normalized spacial score (nSPS) is 9.80. The third-order valence-electron chi connectivity index (χ3n) is 1.63. The largest absolute Gasteiger partial charge is 0.462 e. The number of nitrogens with zero attached hydrogens (tertiary/aromatic N) is 1. The van der Waals surface area contributed by atoms with Gasteiger partial charge in [-0.05, 0) is 24.2 Å². The first-order valence-corrected chi connectivity index (χ1v) is 4.47. The molecule has 0 unspecified atom stereocenters. The molecule has 4 nitrogen and oxygen atoms in total. The van der Waals surface area contributed by atoms with E-state index in [1.165, 1.54) is 0 Å². The molecule has 1 aromatic rings. The first-order valence-electron chi connectivity index (χ1n) is 4.09. The Kier molecular flexibility index (Phi) is 3.74. The summed E-state index contributed by atoms with van der Waals surface area (Å²) in [7, 11) is 0. The van der Waals surface area contributed by atoms with Crippen molar-refractivity contribution in [2.24, 2.45) is 5.18 Å². The highest BCUT2D eigenvalue weighted by Crippen LogP contribution is 2.26. The van der Waals surface area contributed by atoms with Crippen LogP contribution in [0.1, 0.15) is 17.3 Å². The fourth-order valence-electron chi connectivity index (χ4n) is 0.973. The molecule has 0 spiro atoms. The molecule has 0 heterocycles. The number of carbonyl (C=O) groups excluding carboxylic acids is 1. The minimum absolute atomic E-state index is 0.0745. The number of hydrogen-bond donors (Lipinski definition) is 0. The first kappa shape index (κ1) is 11.6. The standard InChI is InChI=1S/C9H7ClFNO3/c1-2-15-9(13)5-3-8(12-14)7(11)4-6(5)10/h3-4H,2H2,1H3. The van der Waals surface area contributed by atoms with Gasteiger partial charge in [0.25, 0.3) is 0 Å². The number of nitroso groups, excluding NO2 is 1. The molecule has 0 radical (unpaired) electrons. The van der Waals surface area contributed by atoms with E-state index in [0.29, 0.717) is 0 Å². The van der Waals surface area contributed by atoms with E-state index in [9.17, 15) is 14.1 Å². The van der Waals surface area contributed by atoms with Gasteiger partial charge in [0.2, 0.25) is 0 Å². The van der Waals surface area contributed by atoms with Crippen molar-refractivity contribution < 1.29 is 13.9 Å². The zero-order valence-electron chi connectivity index (χ0n) is 7.79. The van der Waals surface area contributed by atoms with Crippen molar-refractivity contribution in [3.05, 3.63) is 33.4 Å². The second-order valence-corrected chi connectivity index (χ2v) is 3.00. The summed E-state index contributed by atoms with van der Waals surface area (Å²) in [5, 5.41) is 2.31. The highest BCUT2D eigenvalue weighted by atomic mass is 35.5. The zero-order valence-corrected chi connectivity index (χ0v) is 8.55. The van der Waals surface area contributed by atoms with Crippen molar-refractivity contribution >= 4 is 23.3 Å². The Morgan fingerprint density at radius 2 is 2.27 bits per heavy atom. The van der Waals surface area contributed by atoms with E-state index in [0.717, 1.165) is 12.1 Å². The number of esters is 1. The van der Waals surface area contributed by atoms with Gasteiger partial charge in [-0.1, -0.05) is 11.6 Å². The zero-order chi connectivity index (χ0) is 11.4. The van der Waals surface area contributed by atoms with Crippen molar-refractivity contribution in [3.8, 4) is 0 Å². The van der Waals surface area contributed by atoms with Gasteiger partial charge < -0.3 is 4.74 Å². The number of halogens is 2. The molecule has 15 heavy (non-hydrogen) atoms. The van der Waals surface area contributed by atoms with E-state index < -0.39 is 17.5 Å². The monoisotopic (exact) mass is 231 g/mol. The SMILES string of the molecule is CCOC(=O)c1cc(N=O)c(F)cc1Cl. The summed E-state index contributed by atoms with van der Waals surface area (Å²) in [6, 6.07) is 1.81. The summed E-state index contributed by atoms with van der Waals surface area (Å²) in [5.74, 6) is -1.59. The quantitative estimate of drug-likeness (QED) is 0.593. The fourth-order valence-corrected chi connectivity index (χ4v) is 1.20. The van der Waals surface area contributed by atoms with Gasteiger partial charge in [0.1, 0.15) is 5.69 Å². The van der Waals surface area contributed by atoms with Crippen LogP contribution in [0.3, 0.4) is 0 Å². The molecule has 0 saturated carbocycles. The van der Waals surface area contributed by atoms with Crippen LogP contribution in [0.4, 0.5) is 10.1 Å².